The normalized spacial score (nSPS) is 39.5. The van der Waals surface area contributed by atoms with E-state index in [9.17, 15) is 33.6 Å². The SMILES string of the molecule is CC(=O)O[C@@H]1CC[C@@]2(C)[C@@H](CC[C@@H]3[C@@H]2C[C@H](OC(C)=O)[C@]2(C)[C@@H]([C@H](C)CCC(=O)OCC(C)(COC(=O)CC[C@@H](C)[C@H]4CC[C@H]5[C@@H]6CC[C@H]7C[C@H](OC(C)=O)CC[C@]7(C)[C@H]6C[C@H](OC(C)=O)[C@]45C)C(=O)OCc4ccccc4)CC[C@@H]32)C1. The molecule has 0 heterocycles. The Labute approximate surface area is 489 Å². The summed E-state index contributed by atoms with van der Waals surface area (Å²) in [6, 6.07) is 9.35. The van der Waals surface area contributed by atoms with Crippen molar-refractivity contribution < 1.29 is 66.7 Å². The van der Waals surface area contributed by atoms with Gasteiger partial charge in [-0.1, -0.05) is 71.9 Å². The van der Waals surface area contributed by atoms with Crippen molar-refractivity contribution in [3.05, 3.63) is 35.9 Å². The fourth-order valence-electron chi connectivity index (χ4n) is 20.4. The minimum atomic E-state index is -1.48. The molecule has 8 fully saturated rings. The highest BCUT2D eigenvalue weighted by Crippen LogP contribution is 2.71. The molecule has 0 bridgehead atoms. The van der Waals surface area contributed by atoms with Gasteiger partial charge in [0.25, 0.3) is 0 Å². The third-order valence-electron chi connectivity index (χ3n) is 24.6. The van der Waals surface area contributed by atoms with Gasteiger partial charge < -0.3 is 33.2 Å². The molecule has 0 N–H and O–H groups in total. The van der Waals surface area contributed by atoms with Crippen molar-refractivity contribution >= 4 is 41.8 Å². The van der Waals surface area contributed by atoms with E-state index in [2.05, 4.69) is 41.5 Å². The van der Waals surface area contributed by atoms with Crippen molar-refractivity contribution in [2.24, 2.45) is 98.1 Å². The molecule has 0 unspecified atom stereocenters. The number of carbonyl (C=O) groups is 7. The lowest BCUT2D eigenvalue weighted by molar-refractivity contribution is -0.198. The summed E-state index contributed by atoms with van der Waals surface area (Å²) in [5.41, 5.74) is -1.03. The van der Waals surface area contributed by atoms with Gasteiger partial charge in [-0.05, 0) is 210 Å². The minimum Gasteiger partial charge on any atom is -0.464 e. The number of hydrogen-bond donors (Lipinski definition) is 0. The maximum absolute atomic E-state index is 14.1. The van der Waals surface area contributed by atoms with Crippen LogP contribution in [0.4, 0.5) is 0 Å². The lowest BCUT2D eigenvalue weighted by Gasteiger charge is -2.62. The van der Waals surface area contributed by atoms with E-state index in [0.717, 1.165) is 108 Å². The van der Waals surface area contributed by atoms with E-state index in [-0.39, 0.29) is 126 Å². The van der Waals surface area contributed by atoms with Crippen LogP contribution in [0.2, 0.25) is 0 Å². The number of rotatable bonds is 19. The number of benzene rings is 1. The first kappa shape index (κ1) is 62.1. The van der Waals surface area contributed by atoms with Crippen LogP contribution in [0, 0.1) is 98.1 Å². The van der Waals surface area contributed by atoms with Gasteiger partial charge in [0.2, 0.25) is 0 Å². The molecule has 0 radical (unpaired) electrons. The van der Waals surface area contributed by atoms with E-state index in [0.29, 0.717) is 60.2 Å². The van der Waals surface area contributed by atoms with Crippen molar-refractivity contribution in [3.63, 3.8) is 0 Å². The molecule has 1 aromatic rings. The summed E-state index contributed by atoms with van der Waals surface area (Å²) in [7, 11) is 0. The van der Waals surface area contributed by atoms with Crippen LogP contribution in [0.1, 0.15) is 210 Å². The number of esters is 7. The monoisotopic (exact) mass is 1140 g/mol. The van der Waals surface area contributed by atoms with Crippen molar-refractivity contribution in [2.45, 2.75) is 236 Å². The Kier molecular flexibility index (Phi) is 18.8. The molecule has 0 saturated heterocycles. The van der Waals surface area contributed by atoms with Crippen LogP contribution in [0.5, 0.6) is 0 Å². The zero-order valence-corrected chi connectivity index (χ0v) is 51.6. The lowest BCUT2D eigenvalue weighted by atomic mass is 9.43. The third kappa shape index (κ3) is 12.3. The van der Waals surface area contributed by atoms with Gasteiger partial charge in [-0.25, -0.2) is 0 Å². The molecule has 0 amide bonds. The standard InChI is InChI=1S/C68H100O14/c1-40(53-23-25-55-51-21-19-47-33-49(79-42(3)69)29-31-65(47,8)57(51)35-59(67(53,55)10)81-44(5)71)17-27-61(73)77-38-64(7,63(75)76-37-46-15-13-12-14-16-46)39-78-62(74)28-18-41(2)54-24-26-56-52-22-20-48-34-50(80-43(4)70)30-32-66(48,9)58(52)36-60(68(54,56)11)82-45(6)72/h12-16,40-41,47-60H,17-39H2,1-11H3/t40-,41-,47+,48+,49-,50-,51+,52+,53-,54-,55+,56+,57+,58+,59+,60+,65+,66+,67-,68-/m1/s1. The Hall–Kier alpha value is -4.49. The minimum absolute atomic E-state index is 0.00705. The Bertz CT molecular complexity index is 2350. The Balaban J connectivity index is 0.809. The lowest BCUT2D eigenvalue weighted by Crippen LogP contribution is -2.59. The van der Waals surface area contributed by atoms with E-state index < -0.39 is 23.3 Å². The molecule has 1 aromatic carbocycles. The molecule has 8 aliphatic carbocycles. The predicted molar refractivity (Wildman–Crippen MR) is 306 cm³/mol. The topological polar surface area (TPSA) is 184 Å². The molecule has 14 heteroatoms. The number of ether oxygens (including phenoxy) is 7. The zero-order chi connectivity index (χ0) is 59.1. The van der Waals surface area contributed by atoms with Crippen LogP contribution in [0.15, 0.2) is 30.3 Å². The molecular formula is C68H100O14. The highest BCUT2D eigenvalue weighted by molar-refractivity contribution is 5.78. The van der Waals surface area contributed by atoms with E-state index in [4.69, 9.17) is 33.2 Å². The number of fused-ring (bicyclic) bond motifs is 10. The van der Waals surface area contributed by atoms with Crippen LogP contribution >= 0.6 is 0 Å². The Morgan fingerprint density at radius 1 is 0.512 bits per heavy atom. The highest BCUT2D eigenvalue weighted by atomic mass is 16.6. The molecule has 0 spiro atoms. The molecule has 0 aromatic heterocycles. The summed E-state index contributed by atoms with van der Waals surface area (Å²) >= 11 is 0. The quantitative estimate of drug-likeness (QED) is 0.0941. The van der Waals surface area contributed by atoms with Crippen molar-refractivity contribution in [1.82, 2.24) is 0 Å². The predicted octanol–water partition coefficient (Wildman–Crippen LogP) is 12.9. The molecule has 8 aliphatic rings. The maximum Gasteiger partial charge on any atom is 0.319 e. The van der Waals surface area contributed by atoms with Crippen molar-refractivity contribution in [2.75, 3.05) is 13.2 Å². The average molecular weight is 1140 g/mol. The molecule has 20 atom stereocenters. The van der Waals surface area contributed by atoms with Crippen LogP contribution < -0.4 is 0 Å². The Morgan fingerprint density at radius 2 is 0.927 bits per heavy atom. The summed E-state index contributed by atoms with van der Waals surface area (Å²) in [6.07, 6.45) is 16.5. The van der Waals surface area contributed by atoms with Gasteiger partial charge in [-0.3, -0.25) is 33.6 Å². The van der Waals surface area contributed by atoms with Gasteiger partial charge in [-0.2, -0.15) is 0 Å². The Morgan fingerprint density at radius 3 is 1.33 bits per heavy atom. The number of hydrogen-bond acceptors (Lipinski definition) is 14. The van der Waals surface area contributed by atoms with Gasteiger partial charge in [0, 0.05) is 51.4 Å². The molecule has 8 saturated carbocycles. The average Bonchev–Trinajstić information content (AvgIpc) is 1.52. The second-order valence-corrected chi connectivity index (χ2v) is 29.1. The van der Waals surface area contributed by atoms with Gasteiger partial charge in [0.1, 0.15) is 49.7 Å². The van der Waals surface area contributed by atoms with Gasteiger partial charge in [0.15, 0.2) is 0 Å². The van der Waals surface area contributed by atoms with Crippen molar-refractivity contribution in [1.29, 1.82) is 0 Å². The second kappa shape index (κ2) is 24.8. The van der Waals surface area contributed by atoms with Gasteiger partial charge >= 0.3 is 41.8 Å². The molecule has 9 rings (SSSR count). The van der Waals surface area contributed by atoms with Crippen molar-refractivity contribution in [3.8, 4) is 0 Å². The van der Waals surface area contributed by atoms with Crippen LogP contribution in [0.3, 0.4) is 0 Å². The highest BCUT2D eigenvalue weighted by Gasteiger charge is 2.67. The number of carbonyl (C=O) groups excluding carboxylic acids is 7. The first-order chi connectivity index (χ1) is 38.8. The molecule has 456 valence electrons. The fraction of sp³-hybridized carbons (Fsp3) is 0.809. The summed E-state index contributed by atoms with van der Waals surface area (Å²) in [4.78, 5) is 91.4. The zero-order valence-electron chi connectivity index (χ0n) is 51.6. The van der Waals surface area contributed by atoms with E-state index in [1.807, 2.05) is 30.3 Å². The van der Waals surface area contributed by atoms with E-state index in [1.54, 1.807) is 6.92 Å². The fourth-order valence-corrected chi connectivity index (χ4v) is 20.4. The largest absolute Gasteiger partial charge is 0.464 e. The van der Waals surface area contributed by atoms with Crippen LogP contribution in [0.25, 0.3) is 0 Å². The summed E-state index contributed by atoms with van der Waals surface area (Å²) in [5.74, 6) is 1.74. The summed E-state index contributed by atoms with van der Waals surface area (Å²) in [5, 5.41) is 0. The summed E-state index contributed by atoms with van der Waals surface area (Å²) in [6.45, 7) is 21.0. The van der Waals surface area contributed by atoms with E-state index >= 15 is 0 Å². The molecule has 14 nitrogen and oxygen atoms in total. The van der Waals surface area contributed by atoms with Crippen LogP contribution in [-0.2, 0) is 73.3 Å². The third-order valence-corrected chi connectivity index (χ3v) is 24.6. The van der Waals surface area contributed by atoms with Gasteiger partial charge in [-0.15, -0.1) is 0 Å². The smallest absolute Gasteiger partial charge is 0.319 e. The molecule has 82 heavy (non-hydrogen) atoms. The summed E-state index contributed by atoms with van der Waals surface area (Å²) < 4.78 is 42.0. The molecule has 0 aliphatic heterocycles. The van der Waals surface area contributed by atoms with Gasteiger partial charge in [0.05, 0.1) is 0 Å². The van der Waals surface area contributed by atoms with E-state index in [1.165, 1.54) is 27.7 Å². The first-order valence-corrected chi connectivity index (χ1v) is 32.0. The molecular weight excluding hydrogens is 1040 g/mol. The van der Waals surface area contributed by atoms with Crippen LogP contribution in [-0.4, -0.2) is 79.4 Å². The first-order valence-electron chi connectivity index (χ1n) is 32.0. The maximum atomic E-state index is 14.1. The second-order valence-electron chi connectivity index (χ2n) is 29.1.